The molecule has 0 saturated heterocycles. The third-order valence-corrected chi connectivity index (χ3v) is 3.24. The fourth-order valence-corrected chi connectivity index (χ4v) is 1.72. The van der Waals surface area contributed by atoms with Crippen LogP contribution in [0.15, 0.2) is 24.3 Å². The Bertz CT molecular complexity index is 365. The van der Waals surface area contributed by atoms with Crippen molar-refractivity contribution in [3.8, 4) is 11.5 Å². The Labute approximate surface area is 103 Å². The van der Waals surface area contributed by atoms with Gasteiger partial charge >= 0.3 is 0 Å². The molecule has 2 rings (SSSR count). The Morgan fingerprint density at radius 1 is 1.24 bits per heavy atom. The molecule has 1 aliphatic rings. The summed E-state index contributed by atoms with van der Waals surface area (Å²) in [5.41, 5.74) is 0. The summed E-state index contributed by atoms with van der Waals surface area (Å²) < 4.78 is 11.5. The number of fused-ring (bicyclic) bond motifs is 1. The normalized spacial score (nSPS) is 20.4. The second-order valence-electron chi connectivity index (χ2n) is 4.94. The van der Waals surface area contributed by atoms with Gasteiger partial charge in [-0.1, -0.05) is 26.0 Å². The number of hydrogen-bond acceptors (Lipinski definition) is 3. The molecule has 0 fully saturated rings. The average molecular weight is 235 g/mol. The Morgan fingerprint density at radius 2 is 1.94 bits per heavy atom. The summed E-state index contributed by atoms with van der Waals surface area (Å²) in [6.07, 6.45) is 0.103. The fourth-order valence-electron chi connectivity index (χ4n) is 1.72. The van der Waals surface area contributed by atoms with E-state index in [4.69, 9.17) is 9.47 Å². The summed E-state index contributed by atoms with van der Waals surface area (Å²) >= 11 is 0. The molecule has 1 heterocycles. The van der Waals surface area contributed by atoms with Crippen molar-refractivity contribution in [3.05, 3.63) is 24.3 Å². The molecular formula is C14H21NO2. The molecule has 3 heteroatoms. The Morgan fingerprint density at radius 3 is 2.65 bits per heavy atom. The highest BCUT2D eigenvalue weighted by molar-refractivity contribution is 5.40. The maximum atomic E-state index is 5.87. The molecule has 0 spiro atoms. The van der Waals surface area contributed by atoms with Gasteiger partial charge in [0.1, 0.15) is 12.7 Å². The summed E-state index contributed by atoms with van der Waals surface area (Å²) in [7, 11) is 0. The van der Waals surface area contributed by atoms with E-state index in [0.717, 1.165) is 18.0 Å². The van der Waals surface area contributed by atoms with Crippen LogP contribution >= 0.6 is 0 Å². The van der Waals surface area contributed by atoms with Crippen molar-refractivity contribution in [2.24, 2.45) is 5.92 Å². The molecule has 0 aliphatic carbocycles. The summed E-state index contributed by atoms with van der Waals surface area (Å²) in [6, 6.07) is 8.31. The van der Waals surface area contributed by atoms with Crippen LogP contribution in [0.3, 0.4) is 0 Å². The molecule has 1 aromatic carbocycles. The summed E-state index contributed by atoms with van der Waals surface area (Å²) in [6.45, 7) is 8.07. The monoisotopic (exact) mass is 235 g/mol. The molecule has 3 nitrogen and oxygen atoms in total. The van der Waals surface area contributed by atoms with Crippen molar-refractivity contribution in [2.75, 3.05) is 13.2 Å². The van der Waals surface area contributed by atoms with Gasteiger partial charge in [-0.05, 0) is 25.0 Å². The lowest BCUT2D eigenvalue weighted by Crippen LogP contribution is -2.43. The zero-order valence-corrected chi connectivity index (χ0v) is 10.8. The smallest absolute Gasteiger partial charge is 0.161 e. The molecule has 94 valence electrons. The molecule has 2 unspecified atom stereocenters. The van der Waals surface area contributed by atoms with E-state index < -0.39 is 0 Å². The molecule has 17 heavy (non-hydrogen) atoms. The Hall–Kier alpha value is -1.22. The van der Waals surface area contributed by atoms with Gasteiger partial charge in [0.15, 0.2) is 11.5 Å². The first kappa shape index (κ1) is 12.2. The predicted molar refractivity (Wildman–Crippen MR) is 68.7 cm³/mol. The highest BCUT2D eigenvalue weighted by Gasteiger charge is 2.21. The van der Waals surface area contributed by atoms with Crippen LogP contribution in [0.4, 0.5) is 0 Å². The molecule has 1 aliphatic heterocycles. The molecule has 0 radical (unpaired) electrons. The van der Waals surface area contributed by atoms with Gasteiger partial charge in [0.2, 0.25) is 0 Å². The third kappa shape index (κ3) is 3.13. The van der Waals surface area contributed by atoms with Crippen LogP contribution in [-0.4, -0.2) is 25.3 Å². The van der Waals surface area contributed by atoms with E-state index >= 15 is 0 Å². The van der Waals surface area contributed by atoms with E-state index in [0.29, 0.717) is 18.6 Å². The summed E-state index contributed by atoms with van der Waals surface area (Å²) in [5, 5.41) is 3.48. The fraction of sp³-hybridized carbons (Fsp3) is 0.571. The third-order valence-electron chi connectivity index (χ3n) is 3.24. The highest BCUT2D eigenvalue weighted by Crippen LogP contribution is 2.30. The van der Waals surface area contributed by atoms with E-state index in [1.165, 1.54) is 0 Å². The minimum absolute atomic E-state index is 0.103. The first-order valence-corrected chi connectivity index (χ1v) is 6.28. The first-order chi connectivity index (χ1) is 8.16. The minimum Gasteiger partial charge on any atom is -0.486 e. The van der Waals surface area contributed by atoms with Crippen LogP contribution in [0.1, 0.15) is 20.8 Å². The maximum Gasteiger partial charge on any atom is 0.161 e. The number of para-hydroxylation sites is 2. The zero-order valence-electron chi connectivity index (χ0n) is 10.8. The van der Waals surface area contributed by atoms with Crippen molar-refractivity contribution in [1.82, 2.24) is 5.32 Å². The maximum absolute atomic E-state index is 5.87. The van der Waals surface area contributed by atoms with Crippen molar-refractivity contribution in [2.45, 2.75) is 32.9 Å². The van der Waals surface area contributed by atoms with E-state index in [2.05, 4.69) is 26.1 Å². The summed E-state index contributed by atoms with van der Waals surface area (Å²) in [4.78, 5) is 0. The van der Waals surface area contributed by atoms with Crippen LogP contribution in [0.2, 0.25) is 0 Å². The van der Waals surface area contributed by atoms with Crippen LogP contribution in [-0.2, 0) is 0 Å². The molecule has 1 N–H and O–H groups in total. The number of rotatable bonds is 4. The lowest BCUT2D eigenvalue weighted by Gasteiger charge is -2.28. The first-order valence-electron chi connectivity index (χ1n) is 6.28. The molecule has 1 aromatic rings. The van der Waals surface area contributed by atoms with E-state index in [1.54, 1.807) is 0 Å². The van der Waals surface area contributed by atoms with Crippen LogP contribution in [0.25, 0.3) is 0 Å². The van der Waals surface area contributed by atoms with Crippen molar-refractivity contribution >= 4 is 0 Å². The Kier molecular flexibility index (Phi) is 3.89. The van der Waals surface area contributed by atoms with E-state index in [-0.39, 0.29) is 6.10 Å². The Balaban J connectivity index is 1.86. The lowest BCUT2D eigenvalue weighted by atomic mass is 10.1. The molecule has 0 saturated carbocycles. The quantitative estimate of drug-likeness (QED) is 0.869. The standard InChI is InChI=1S/C14H21NO2/c1-10(2)11(3)15-8-12-9-16-13-6-4-5-7-14(13)17-12/h4-7,10-12,15H,8-9H2,1-3H3. The highest BCUT2D eigenvalue weighted by atomic mass is 16.6. The van der Waals surface area contributed by atoms with E-state index in [9.17, 15) is 0 Å². The number of ether oxygens (including phenoxy) is 2. The van der Waals surface area contributed by atoms with Crippen molar-refractivity contribution < 1.29 is 9.47 Å². The zero-order chi connectivity index (χ0) is 12.3. The van der Waals surface area contributed by atoms with Gasteiger partial charge in [0.05, 0.1) is 0 Å². The van der Waals surface area contributed by atoms with Gasteiger partial charge < -0.3 is 14.8 Å². The van der Waals surface area contributed by atoms with Gasteiger partial charge in [-0.25, -0.2) is 0 Å². The predicted octanol–water partition coefficient (Wildman–Crippen LogP) is 2.46. The SMILES string of the molecule is CC(C)C(C)NCC1COc2ccccc2O1. The topological polar surface area (TPSA) is 30.5 Å². The largest absolute Gasteiger partial charge is 0.486 e. The lowest BCUT2D eigenvalue weighted by molar-refractivity contribution is 0.0873. The number of benzene rings is 1. The van der Waals surface area contributed by atoms with Crippen LogP contribution < -0.4 is 14.8 Å². The van der Waals surface area contributed by atoms with Crippen LogP contribution in [0.5, 0.6) is 11.5 Å². The number of hydrogen-bond donors (Lipinski definition) is 1. The summed E-state index contributed by atoms with van der Waals surface area (Å²) in [5.74, 6) is 2.33. The van der Waals surface area contributed by atoms with Crippen molar-refractivity contribution in [3.63, 3.8) is 0 Å². The van der Waals surface area contributed by atoms with Gasteiger partial charge in [0, 0.05) is 12.6 Å². The molecule has 0 bridgehead atoms. The second kappa shape index (κ2) is 5.41. The molecule has 0 aromatic heterocycles. The molecular weight excluding hydrogens is 214 g/mol. The minimum atomic E-state index is 0.103. The van der Waals surface area contributed by atoms with Gasteiger partial charge in [-0.3, -0.25) is 0 Å². The van der Waals surface area contributed by atoms with Crippen molar-refractivity contribution in [1.29, 1.82) is 0 Å². The van der Waals surface area contributed by atoms with Gasteiger partial charge in [0.25, 0.3) is 0 Å². The van der Waals surface area contributed by atoms with Gasteiger partial charge in [-0.2, -0.15) is 0 Å². The average Bonchev–Trinajstić information content (AvgIpc) is 2.35. The van der Waals surface area contributed by atoms with E-state index in [1.807, 2.05) is 24.3 Å². The second-order valence-corrected chi connectivity index (χ2v) is 4.94. The number of nitrogens with one attached hydrogen (secondary N) is 1. The van der Waals surface area contributed by atoms with Crippen LogP contribution in [0, 0.1) is 5.92 Å². The molecule has 2 atom stereocenters. The molecule has 0 amide bonds. The van der Waals surface area contributed by atoms with Gasteiger partial charge in [-0.15, -0.1) is 0 Å².